The molecule has 2 aliphatic rings. The number of anilines is 1. The maximum Gasteiger partial charge on any atom is 0.414 e. The van der Waals surface area contributed by atoms with E-state index in [0.717, 1.165) is 22.2 Å². The van der Waals surface area contributed by atoms with Gasteiger partial charge >= 0.3 is 6.09 Å². The Kier molecular flexibility index (Phi) is 5.96. The molecule has 0 saturated carbocycles. The second-order valence-corrected chi connectivity index (χ2v) is 8.84. The number of aromatic nitrogens is 1. The van der Waals surface area contributed by atoms with Gasteiger partial charge in [-0.2, -0.15) is 0 Å². The molecule has 34 heavy (non-hydrogen) atoms. The molecule has 0 radical (unpaired) electrons. The zero-order valence-corrected chi connectivity index (χ0v) is 19.2. The lowest BCUT2D eigenvalue weighted by atomic mass is 10.00. The molecule has 0 bridgehead atoms. The highest BCUT2D eigenvalue weighted by Crippen LogP contribution is 2.32. The van der Waals surface area contributed by atoms with Crippen molar-refractivity contribution in [1.82, 2.24) is 14.8 Å². The number of hydrogen-bond donors (Lipinski definition) is 1. The van der Waals surface area contributed by atoms with Crippen molar-refractivity contribution in [2.24, 2.45) is 0 Å². The van der Waals surface area contributed by atoms with Gasteiger partial charge in [0.1, 0.15) is 6.61 Å². The minimum absolute atomic E-state index is 0.00738. The van der Waals surface area contributed by atoms with Crippen molar-refractivity contribution in [3.05, 3.63) is 65.9 Å². The Balaban J connectivity index is 1.24. The van der Waals surface area contributed by atoms with Crippen molar-refractivity contribution in [2.45, 2.75) is 39.0 Å². The van der Waals surface area contributed by atoms with Gasteiger partial charge in [0.05, 0.1) is 5.69 Å². The number of likely N-dealkylation sites (tertiary alicyclic amines) is 1. The monoisotopic (exact) mass is 460 g/mol. The molecule has 3 amide bonds. The van der Waals surface area contributed by atoms with Crippen molar-refractivity contribution >= 4 is 34.5 Å². The summed E-state index contributed by atoms with van der Waals surface area (Å²) in [6.07, 6.45) is 3.08. The molecule has 176 valence electrons. The van der Waals surface area contributed by atoms with Crippen molar-refractivity contribution in [1.29, 1.82) is 0 Å². The maximum absolute atomic E-state index is 13.2. The van der Waals surface area contributed by atoms with Gasteiger partial charge < -0.3 is 19.5 Å². The number of ether oxygens (including phenoxy) is 1. The number of para-hydroxylation sites is 1. The van der Waals surface area contributed by atoms with Crippen LogP contribution >= 0.6 is 0 Å². The Bertz CT molecular complexity index is 1240. The third kappa shape index (κ3) is 4.23. The molecule has 1 aromatic heterocycles. The van der Waals surface area contributed by atoms with Crippen molar-refractivity contribution in [2.75, 3.05) is 24.5 Å². The molecule has 0 aliphatic carbocycles. The van der Waals surface area contributed by atoms with Crippen LogP contribution < -0.4 is 10.2 Å². The van der Waals surface area contributed by atoms with Gasteiger partial charge in [0, 0.05) is 67.4 Å². The minimum atomic E-state index is -0.308. The van der Waals surface area contributed by atoms with E-state index in [-0.39, 0.29) is 23.9 Å². The molecule has 2 aromatic carbocycles. The molecule has 1 N–H and O–H groups in total. The number of nitrogens with one attached hydrogen (secondary N) is 1. The summed E-state index contributed by atoms with van der Waals surface area (Å²) in [5.74, 6) is -0.0394. The summed E-state index contributed by atoms with van der Waals surface area (Å²) >= 11 is 0. The molecule has 8 nitrogen and oxygen atoms in total. The van der Waals surface area contributed by atoms with E-state index in [1.165, 1.54) is 6.92 Å². The molecule has 8 heteroatoms. The highest BCUT2D eigenvalue weighted by atomic mass is 16.6. The second-order valence-electron chi connectivity index (χ2n) is 8.84. The van der Waals surface area contributed by atoms with Crippen LogP contribution in [0.3, 0.4) is 0 Å². The summed E-state index contributed by atoms with van der Waals surface area (Å²) in [5, 5.41) is 3.80. The highest BCUT2D eigenvalue weighted by molar-refractivity contribution is 5.98. The Labute approximate surface area is 198 Å². The Morgan fingerprint density at radius 3 is 2.68 bits per heavy atom. The number of cyclic esters (lactones) is 1. The maximum atomic E-state index is 13.2. The number of hydrogen-bond acceptors (Lipinski definition) is 4. The van der Waals surface area contributed by atoms with Crippen LogP contribution in [0.15, 0.2) is 54.7 Å². The largest absolute Gasteiger partial charge is 0.444 e. The quantitative estimate of drug-likeness (QED) is 0.631. The van der Waals surface area contributed by atoms with Gasteiger partial charge in [-0.3, -0.25) is 14.5 Å². The van der Waals surface area contributed by atoms with E-state index in [1.54, 1.807) is 4.90 Å². The number of amides is 3. The summed E-state index contributed by atoms with van der Waals surface area (Å²) in [4.78, 5) is 40.5. The van der Waals surface area contributed by atoms with E-state index in [4.69, 9.17) is 4.74 Å². The predicted octanol–water partition coefficient (Wildman–Crippen LogP) is 3.54. The van der Waals surface area contributed by atoms with Crippen molar-refractivity contribution in [3.8, 4) is 0 Å². The summed E-state index contributed by atoms with van der Waals surface area (Å²) in [7, 11) is 0. The van der Waals surface area contributed by atoms with Crippen molar-refractivity contribution in [3.63, 3.8) is 0 Å². The van der Waals surface area contributed by atoms with Gasteiger partial charge in [0.2, 0.25) is 5.91 Å². The molecule has 0 spiro atoms. The molecule has 1 fully saturated rings. The van der Waals surface area contributed by atoms with Crippen LogP contribution in [0.4, 0.5) is 10.5 Å². The summed E-state index contributed by atoms with van der Waals surface area (Å²) in [6, 6.07) is 15.6. The van der Waals surface area contributed by atoms with Crippen LogP contribution in [0.5, 0.6) is 0 Å². The predicted molar refractivity (Wildman–Crippen MR) is 129 cm³/mol. The second kappa shape index (κ2) is 9.21. The van der Waals surface area contributed by atoms with Crippen LogP contribution in [0, 0.1) is 0 Å². The molecular weight excluding hydrogens is 432 g/mol. The van der Waals surface area contributed by atoms with Gasteiger partial charge in [0.15, 0.2) is 0 Å². The van der Waals surface area contributed by atoms with Crippen LogP contribution in [0.1, 0.15) is 35.7 Å². The van der Waals surface area contributed by atoms with E-state index < -0.39 is 0 Å². The lowest BCUT2D eigenvalue weighted by molar-refractivity contribution is -0.118. The number of benzene rings is 2. The molecule has 3 heterocycles. The van der Waals surface area contributed by atoms with Gasteiger partial charge in [-0.1, -0.05) is 18.2 Å². The first-order valence-corrected chi connectivity index (χ1v) is 11.7. The summed E-state index contributed by atoms with van der Waals surface area (Å²) in [5.41, 5.74) is 3.62. The van der Waals surface area contributed by atoms with Crippen LogP contribution in [0.25, 0.3) is 10.9 Å². The molecule has 0 atom stereocenters. The molecule has 2 aliphatic heterocycles. The van der Waals surface area contributed by atoms with E-state index in [1.807, 2.05) is 59.6 Å². The first-order chi connectivity index (χ1) is 16.5. The van der Waals surface area contributed by atoms with Gasteiger partial charge in [-0.25, -0.2) is 4.79 Å². The number of nitrogens with zero attached hydrogens (tertiary/aromatic N) is 3. The van der Waals surface area contributed by atoms with Gasteiger partial charge in [-0.05, 0) is 43.2 Å². The smallest absolute Gasteiger partial charge is 0.414 e. The number of rotatable bonds is 5. The average molecular weight is 461 g/mol. The molecular formula is C26H28N4O4. The lowest BCUT2D eigenvalue weighted by Crippen LogP contribution is -2.50. The number of fused-ring (bicyclic) bond motifs is 2. The number of piperidine rings is 1. The third-order valence-electron chi connectivity index (χ3n) is 6.66. The number of carbonyl (C=O) groups is 3. The normalized spacial score (nSPS) is 16.3. The fraction of sp³-hybridized carbons (Fsp3) is 0.346. The van der Waals surface area contributed by atoms with Crippen LogP contribution in [-0.4, -0.2) is 53.1 Å². The number of carbonyl (C=O) groups excluding carboxylic acids is 3. The van der Waals surface area contributed by atoms with E-state index in [0.29, 0.717) is 51.2 Å². The van der Waals surface area contributed by atoms with Crippen LogP contribution in [0.2, 0.25) is 0 Å². The van der Waals surface area contributed by atoms with Crippen LogP contribution in [-0.2, 0) is 22.7 Å². The SMILES string of the molecule is CC(=O)NCCn1ccc2cc(C(=O)N3CCC(N4C(=O)OCc5ccccc54)CC3)ccc21. The average Bonchev–Trinajstić information content (AvgIpc) is 3.26. The first-order valence-electron chi connectivity index (χ1n) is 11.7. The zero-order valence-electron chi connectivity index (χ0n) is 19.2. The first kappa shape index (κ1) is 22.0. The Morgan fingerprint density at radius 1 is 1.09 bits per heavy atom. The van der Waals surface area contributed by atoms with Gasteiger partial charge in [0.25, 0.3) is 5.91 Å². The van der Waals surface area contributed by atoms with E-state index >= 15 is 0 Å². The Morgan fingerprint density at radius 2 is 1.88 bits per heavy atom. The summed E-state index contributed by atoms with van der Waals surface area (Å²) in [6.45, 7) is 4.22. The minimum Gasteiger partial charge on any atom is -0.444 e. The molecule has 3 aromatic rings. The molecule has 5 rings (SSSR count). The van der Waals surface area contributed by atoms with Crippen molar-refractivity contribution < 1.29 is 19.1 Å². The van der Waals surface area contributed by atoms with E-state index in [2.05, 4.69) is 9.88 Å². The topological polar surface area (TPSA) is 83.9 Å². The third-order valence-corrected chi connectivity index (χ3v) is 6.66. The summed E-state index contributed by atoms with van der Waals surface area (Å²) < 4.78 is 7.45. The molecule has 1 saturated heterocycles. The zero-order chi connectivity index (χ0) is 23.7. The Hall–Kier alpha value is -3.81. The molecule has 0 unspecified atom stereocenters. The highest BCUT2D eigenvalue weighted by Gasteiger charge is 2.35. The standard InChI is InChI=1S/C26H28N4O4/c1-18(31)27-11-15-28-12-8-19-16-20(6-7-23(19)28)25(32)29-13-9-22(10-14-29)30-24-5-3-2-4-21(24)17-34-26(30)33/h2-8,12,16,22H,9-11,13-15,17H2,1H3,(H,27,31). The fourth-order valence-electron chi connectivity index (χ4n) is 4.91. The lowest BCUT2D eigenvalue weighted by Gasteiger charge is -2.40. The van der Waals surface area contributed by atoms with E-state index in [9.17, 15) is 14.4 Å². The fourth-order valence-corrected chi connectivity index (χ4v) is 4.91. The van der Waals surface area contributed by atoms with Gasteiger partial charge in [-0.15, -0.1) is 0 Å².